The van der Waals surface area contributed by atoms with Gasteiger partial charge >= 0.3 is 0 Å². The fourth-order valence-corrected chi connectivity index (χ4v) is 10.2. The van der Waals surface area contributed by atoms with E-state index in [9.17, 15) is 5.26 Å². The lowest BCUT2D eigenvalue weighted by Crippen LogP contribution is -2.01. The van der Waals surface area contributed by atoms with E-state index >= 15 is 0 Å². The van der Waals surface area contributed by atoms with E-state index in [-0.39, 0.29) is 0 Å². The van der Waals surface area contributed by atoms with Crippen molar-refractivity contribution in [3.05, 3.63) is 206 Å². The van der Waals surface area contributed by atoms with Gasteiger partial charge in [0.15, 0.2) is 0 Å². The average molecular weight is 764 g/mol. The number of hydrogen-bond donors (Lipinski definition) is 0. The summed E-state index contributed by atoms with van der Waals surface area (Å²) < 4.78 is 9.50. The Kier molecular flexibility index (Phi) is 6.73. The molecule has 13 aromatic rings. The summed E-state index contributed by atoms with van der Waals surface area (Å²) in [6.45, 7) is 0. The van der Waals surface area contributed by atoms with Gasteiger partial charge in [0.25, 0.3) is 0 Å². The lowest BCUT2D eigenvalue weighted by atomic mass is 10.1. The van der Waals surface area contributed by atoms with Gasteiger partial charge in [0.1, 0.15) is 0 Å². The molecule has 4 heterocycles. The van der Waals surface area contributed by atoms with Gasteiger partial charge in [-0.15, -0.1) is 0 Å². The fraction of sp³-hybridized carbons (Fsp3) is 0. The van der Waals surface area contributed by atoms with E-state index in [2.05, 4.69) is 212 Å². The minimum Gasteiger partial charge on any atom is -0.309 e. The maximum Gasteiger partial charge on any atom is 0.0993 e. The van der Waals surface area contributed by atoms with Gasteiger partial charge in [-0.25, -0.2) is 0 Å². The number of benzene rings is 9. The lowest BCUT2D eigenvalue weighted by molar-refractivity contribution is 1.13. The van der Waals surface area contributed by atoms with Crippen LogP contribution in [0.4, 0.5) is 0 Å². The van der Waals surface area contributed by atoms with E-state index in [4.69, 9.17) is 0 Å². The van der Waals surface area contributed by atoms with Crippen LogP contribution in [0.1, 0.15) is 5.56 Å². The molecule has 0 saturated carbocycles. The average Bonchev–Trinajstić information content (AvgIpc) is 4.04. The molecule has 0 spiro atoms. The predicted molar refractivity (Wildman–Crippen MR) is 249 cm³/mol. The molecule has 0 fully saturated rings. The van der Waals surface area contributed by atoms with Gasteiger partial charge < -0.3 is 18.3 Å². The van der Waals surface area contributed by atoms with Gasteiger partial charge in [0.05, 0.1) is 67.1 Å². The Hall–Kier alpha value is -8.33. The largest absolute Gasteiger partial charge is 0.309 e. The van der Waals surface area contributed by atoms with Crippen LogP contribution in [0, 0.1) is 11.3 Å². The molecule has 0 aliphatic heterocycles. The summed E-state index contributed by atoms with van der Waals surface area (Å²) in [4.78, 5) is 0. The van der Waals surface area contributed by atoms with Crippen LogP contribution in [0.2, 0.25) is 0 Å². The Morgan fingerprint density at radius 2 is 0.583 bits per heavy atom. The van der Waals surface area contributed by atoms with Crippen LogP contribution < -0.4 is 0 Å². The fourth-order valence-electron chi connectivity index (χ4n) is 10.2. The highest BCUT2D eigenvalue weighted by Gasteiger charge is 2.23. The van der Waals surface area contributed by atoms with Crippen molar-refractivity contribution in [2.75, 3.05) is 0 Å². The quantitative estimate of drug-likeness (QED) is 0.176. The highest BCUT2D eigenvalue weighted by molar-refractivity contribution is 6.18. The lowest BCUT2D eigenvalue weighted by Gasteiger charge is -2.15. The number of para-hydroxylation sites is 6. The summed E-state index contributed by atoms with van der Waals surface area (Å²) in [5.41, 5.74) is 13.7. The van der Waals surface area contributed by atoms with Crippen LogP contribution in [-0.4, -0.2) is 18.3 Å². The summed E-state index contributed by atoms with van der Waals surface area (Å²) in [6.07, 6.45) is 0. The van der Waals surface area contributed by atoms with Gasteiger partial charge in [0.2, 0.25) is 0 Å². The first kappa shape index (κ1) is 32.7. The molecule has 0 unspecified atom stereocenters. The maximum absolute atomic E-state index is 10.7. The molecule has 0 atom stereocenters. The van der Waals surface area contributed by atoms with E-state index in [1.165, 1.54) is 43.6 Å². The molecule has 5 heteroatoms. The molecule has 278 valence electrons. The normalized spacial score (nSPS) is 12.0. The molecular weight excluding hydrogens is 731 g/mol. The van der Waals surface area contributed by atoms with Crippen molar-refractivity contribution in [2.24, 2.45) is 0 Å². The first-order chi connectivity index (χ1) is 29.8. The minimum absolute atomic E-state index is 0.594. The van der Waals surface area contributed by atoms with Crippen LogP contribution in [0.5, 0.6) is 0 Å². The van der Waals surface area contributed by atoms with E-state index in [0.29, 0.717) is 5.56 Å². The predicted octanol–water partition coefficient (Wildman–Crippen LogP) is 13.9. The Balaban J connectivity index is 1.09. The molecule has 0 aliphatic rings. The Bertz CT molecular complexity index is 3620. The van der Waals surface area contributed by atoms with Crippen molar-refractivity contribution in [2.45, 2.75) is 0 Å². The van der Waals surface area contributed by atoms with Crippen molar-refractivity contribution in [3.63, 3.8) is 0 Å². The number of hydrogen-bond acceptors (Lipinski definition) is 1. The second-order valence-corrected chi connectivity index (χ2v) is 15.6. The second kappa shape index (κ2) is 12.3. The molecule has 0 saturated heterocycles. The second-order valence-electron chi connectivity index (χ2n) is 15.6. The Labute approximate surface area is 344 Å². The Morgan fingerprint density at radius 1 is 0.283 bits per heavy atom. The SMILES string of the molecule is N#Cc1cc(-n2c3ccccc3c3c(-n4c5ccccc5c5ccccc54)cccc32)cc(-n2c3ccccc3c3c(-n4c5ccccc5c5ccccc54)cccc32)c1. The van der Waals surface area contributed by atoms with Crippen LogP contribution in [-0.2, 0) is 0 Å². The van der Waals surface area contributed by atoms with Gasteiger partial charge in [-0.05, 0) is 78.9 Å². The van der Waals surface area contributed by atoms with E-state index < -0.39 is 0 Å². The zero-order valence-corrected chi connectivity index (χ0v) is 32.3. The monoisotopic (exact) mass is 763 g/mol. The molecule has 9 aromatic carbocycles. The van der Waals surface area contributed by atoms with Crippen LogP contribution in [0.25, 0.3) is 110 Å². The van der Waals surface area contributed by atoms with Gasteiger partial charge in [-0.2, -0.15) is 5.26 Å². The zero-order valence-electron chi connectivity index (χ0n) is 32.3. The molecule has 60 heavy (non-hydrogen) atoms. The van der Waals surface area contributed by atoms with Crippen molar-refractivity contribution in [1.29, 1.82) is 5.26 Å². The number of fused-ring (bicyclic) bond motifs is 12. The summed E-state index contributed by atoms with van der Waals surface area (Å²) in [5.74, 6) is 0. The Morgan fingerprint density at radius 3 is 0.933 bits per heavy atom. The molecule has 13 rings (SSSR count). The van der Waals surface area contributed by atoms with Gasteiger partial charge in [-0.3, -0.25) is 0 Å². The number of rotatable bonds is 4. The molecule has 4 aromatic heterocycles. The third kappa shape index (κ3) is 4.39. The van der Waals surface area contributed by atoms with Crippen LogP contribution >= 0.6 is 0 Å². The van der Waals surface area contributed by atoms with Crippen molar-refractivity contribution >= 4 is 87.2 Å². The van der Waals surface area contributed by atoms with E-state index in [1.807, 2.05) is 12.1 Å². The smallest absolute Gasteiger partial charge is 0.0993 e. The molecule has 0 N–H and O–H groups in total. The maximum atomic E-state index is 10.7. The highest BCUT2D eigenvalue weighted by atomic mass is 15.0. The third-order valence-electron chi connectivity index (χ3n) is 12.5. The third-order valence-corrected chi connectivity index (χ3v) is 12.5. The molecule has 5 nitrogen and oxygen atoms in total. The highest BCUT2D eigenvalue weighted by Crippen LogP contribution is 2.43. The molecule has 0 bridgehead atoms. The number of nitrogens with zero attached hydrogens (tertiary/aromatic N) is 5. The molecule has 0 radical (unpaired) electrons. The van der Waals surface area contributed by atoms with E-state index in [1.54, 1.807) is 0 Å². The van der Waals surface area contributed by atoms with Crippen molar-refractivity contribution < 1.29 is 0 Å². The van der Waals surface area contributed by atoms with Gasteiger partial charge in [-0.1, -0.05) is 121 Å². The van der Waals surface area contributed by atoms with Crippen molar-refractivity contribution in [3.8, 4) is 28.8 Å². The first-order valence-electron chi connectivity index (χ1n) is 20.3. The standard InChI is InChI=1S/C55H33N5/c56-34-35-31-36(57-48-25-11-5-19-42(48)54-50(57)27-13-29-52(54)59-44-21-7-1-15-38(44)39-16-2-8-22-45(39)59)33-37(32-35)58-49-26-12-6-20-43(49)55-51(58)28-14-30-53(55)60-46-23-9-3-17-40(46)41-18-4-10-24-47(41)60/h1-33H. The van der Waals surface area contributed by atoms with Gasteiger partial charge in [0, 0.05) is 54.5 Å². The first-order valence-corrected chi connectivity index (χ1v) is 20.3. The number of nitriles is 1. The summed E-state index contributed by atoms with van der Waals surface area (Å²) in [6, 6.07) is 74.1. The number of aromatic nitrogens is 4. The van der Waals surface area contributed by atoms with E-state index in [0.717, 1.165) is 66.4 Å². The summed E-state index contributed by atoms with van der Waals surface area (Å²) in [5, 5.41) is 20.3. The van der Waals surface area contributed by atoms with Crippen LogP contribution in [0.3, 0.4) is 0 Å². The van der Waals surface area contributed by atoms with Crippen molar-refractivity contribution in [1.82, 2.24) is 18.3 Å². The van der Waals surface area contributed by atoms with Crippen LogP contribution in [0.15, 0.2) is 200 Å². The zero-order chi connectivity index (χ0) is 39.5. The molecule has 0 aliphatic carbocycles. The summed E-state index contributed by atoms with van der Waals surface area (Å²) >= 11 is 0. The molecule has 0 amide bonds. The topological polar surface area (TPSA) is 43.5 Å². The minimum atomic E-state index is 0.594. The molecular formula is C55H33N5. The summed E-state index contributed by atoms with van der Waals surface area (Å²) in [7, 11) is 0.